The number of ether oxygens (including phenoxy) is 2. The number of hydrogen-bond donors (Lipinski definition) is 0. The highest BCUT2D eigenvalue weighted by atomic mass is 35.5. The summed E-state index contributed by atoms with van der Waals surface area (Å²) in [5.41, 5.74) is 0. The standard InChI is InChI=1S/C6H11ClO2/c1-2-6(5-7)8-3-4-9-6/h2-5H2,1H3. The molecule has 1 fully saturated rings. The molecule has 1 aliphatic rings. The summed E-state index contributed by atoms with van der Waals surface area (Å²) in [6.45, 7) is 3.37. The fourth-order valence-corrected chi connectivity index (χ4v) is 1.22. The largest absolute Gasteiger partial charge is 0.346 e. The Balaban J connectivity index is 2.45. The Kier molecular flexibility index (Phi) is 2.33. The second-order valence-corrected chi connectivity index (χ2v) is 2.36. The SMILES string of the molecule is CCC1(CCl)OCCO1. The van der Waals surface area contributed by atoms with Crippen molar-refractivity contribution in [2.45, 2.75) is 19.1 Å². The summed E-state index contributed by atoms with van der Waals surface area (Å²) in [5, 5.41) is 0. The smallest absolute Gasteiger partial charge is 0.181 e. The van der Waals surface area contributed by atoms with Gasteiger partial charge in [0, 0.05) is 0 Å². The van der Waals surface area contributed by atoms with Crippen LogP contribution in [0.5, 0.6) is 0 Å². The third kappa shape index (κ3) is 1.37. The second kappa shape index (κ2) is 2.86. The van der Waals surface area contributed by atoms with E-state index < -0.39 is 5.79 Å². The molecular formula is C6H11ClO2. The molecule has 0 aromatic heterocycles. The molecule has 1 rings (SSSR count). The minimum Gasteiger partial charge on any atom is -0.346 e. The molecule has 2 nitrogen and oxygen atoms in total. The normalized spacial score (nSPS) is 24.7. The maximum Gasteiger partial charge on any atom is 0.181 e. The molecule has 0 unspecified atom stereocenters. The molecule has 0 saturated carbocycles. The lowest BCUT2D eigenvalue weighted by Crippen LogP contribution is -2.30. The summed E-state index contributed by atoms with van der Waals surface area (Å²) < 4.78 is 10.6. The zero-order valence-corrected chi connectivity index (χ0v) is 6.28. The molecule has 0 aromatic rings. The van der Waals surface area contributed by atoms with Gasteiger partial charge in [0.2, 0.25) is 0 Å². The maximum atomic E-state index is 5.61. The van der Waals surface area contributed by atoms with E-state index in [1.54, 1.807) is 0 Å². The third-order valence-electron chi connectivity index (χ3n) is 1.56. The van der Waals surface area contributed by atoms with E-state index in [0.29, 0.717) is 19.1 Å². The van der Waals surface area contributed by atoms with Gasteiger partial charge in [-0.05, 0) is 6.42 Å². The molecular weight excluding hydrogens is 140 g/mol. The molecule has 3 heteroatoms. The zero-order valence-electron chi connectivity index (χ0n) is 5.52. The van der Waals surface area contributed by atoms with Gasteiger partial charge < -0.3 is 9.47 Å². The van der Waals surface area contributed by atoms with Gasteiger partial charge >= 0.3 is 0 Å². The highest BCUT2D eigenvalue weighted by Gasteiger charge is 2.33. The summed E-state index contributed by atoms with van der Waals surface area (Å²) in [5.74, 6) is -0.0228. The predicted octanol–water partition coefficient (Wildman–Crippen LogP) is 1.38. The first kappa shape index (κ1) is 7.32. The van der Waals surface area contributed by atoms with Crippen LogP contribution in [0.25, 0.3) is 0 Å². The quantitative estimate of drug-likeness (QED) is 0.554. The lowest BCUT2D eigenvalue weighted by Gasteiger charge is -2.22. The average Bonchev–Trinajstić information content (AvgIpc) is 2.36. The van der Waals surface area contributed by atoms with Crippen molar-refractivity contribution in [3.63, 3.8) is 0 Å². The number of alkyl halides is 1. The van der Waals surface area contributed by atoms with Crippen LogP contribution in [0.4, 0.5) is 0 Å². The van der Waals surface area contributed by atoms with E-state index in [-0.39, 0.29) is 0 Å². The van der Waals surface area contributed by atoms with Crippen molar-refractivity contribution >= 4 is 11.6 Å². The van der Waals surface area contributed by atoms with Crippen LogP contribution in [0.15, 0.2) is 0 Å². The number of rotatable bonds is 2. The summed E-state index contributed by atoms with van der Waals surface area (Å²) in [6.07, 6.45) is 0.830. The van der Waals surface area contributed by atoms with Gasteiger partial charge in [0.1, 0.15) is 0 Å². The summed E-state index contributed by atoms with van der Waals surface area (Å²) in [6, 6.07) is 0. The molecule has 0 amide bonds. The van der Waals surface area contributed by atoms with Gasteiger partial charge in [-0.25, -0.2) is 0 Å². The molecule has 1 aliphatic heterocycles. The molecule has 0 atom stereocenters. The van der Waals surface area contributed by atoms with Crippen LogP contribution in [0.2, 0.25) is 0 Å². The van der Waals surface area contributed by atoms with Gasteiger partial charge in [0.15, 0.2) is 5.79 Å². The van der Waals surface area contributed by atoms with Gasteiger partial charge in [-0.1, -0.05) is 6.92 Å². The Morgan fingerprint density at radius 1 is 1.44 bits per heavy atom. The molecule has 0 spiro atoms. The van der Waals surface area contributed by atoms with E-state index in [9.17, 15) is 0 Å². The Morgan fingerprint density at radius 3 is 2.22 bits per heavy atom. The van der Waals surface area contributed by atoms with E-state index in [1.165, 1.54) is 0 Å². The van der Waals surface area contributed by atoms with Crippen molar-refractivity contribution in [2.24, 2.45) is 0 Å². The Morgan fingerprint density at radius 2 is 2.00 bits per heavy atom. The first-order valence-electron chi connectivity index (χ1n) is 3.17. The minimum atomic E-state index is -0.457. The van der Waals surface area contributed by atoms with Gasteiger partial charge in [-0.2, -0.15) is 0 Å². The lowest BCUT2D eigenvalue weighted by molar-refractivity contribution is -0.140. The fraction of sp³-hybridized carbons (Fsp3) is 1.00. The van der Waals surface area contributed by atoms with Crippen molar-refractivity contribution < 1.29 is 9.47 Å². The minimum absolute atomic E-state index is 0.434. The molecule has 0 bridgehead atoms. The number of hydrogen-bond acceptors (Lipinski definition) is 2. The first-order chi connectivity index (χ1) is 4.33. The second-order valence-electron chi connectivity index (χ2n) is 2.09. The van der Waals surface area contributed by atoms with Crippen molar-refractivity contribution in [1.82, 2.24) is 0 Å². The topological polar surface area (TPSA) is 18.5 Å². The van der Waals surface area contributed by atoms with Crippen LogP contribution in [0.3, 0.4) is 0 Å². The van der Waals surface area contributed by atoms with Crippen molar-refractivity contribution in [3.05, 3.63) is 0 Å². The molecule has 54 valence electrons. The van der Waals surface area contributed by atoms with Crippen molar-refractivity contribution in [3.8, 4) is 0 Å². The summed E-state index contributed by atoms with van der Waals surface area (Å²) >= 11 is 5.61. The van der Waals surface area contributed by atoms with Crippen LogP contribution < -0.4 is 0 Å². The molecule has 0 radical (unpaired) electrons. The van der Waals surface area contributed by atoms with E-state index in [0.717, 1.165) is 6.42 Å². The van der Waals surface area contributed by atoms with Crippen LogP contribution in [-0.2, 0) is 9.47 Å². The van der Waals surface area contributed by atoms with Crippen LogP contribution in [-0.4, -0.2) is 24.9 Å². The summed E-state index contributed by atoms with van der Waals surface area (Å²) in [4.78, 5) is 0. The zero-order chi connectivity index (χ0) is 6.74. The maximum absolute atomic E-state index is 5.61. The highest BCUT2D eigenvalue weighted by molar-refractivity contribution is 6.18. The van der Waals surface area contributed by atoms with Gasteiger partial charge in [0.05, 0.1) is 19.1 Å². The predicted molar refractivity (Wildman–Crippen MR) is 35.6 cm³/mol. The van der Waals surface area contributed by atoms with Crippen LogP contribution in [0.1, 0.15) is 13.3 Å². The van der Waals surface area contributed by atoms with E-state index >= 15 is 0 Å². The van der Waals surface area contributed by atoms with Crippen molar-refractivity contribution in [2.75, 3.05) is 19.1 Å². The van der Waals surface area contributed by atoms with Gasteiger partial charge in [-0.15, -0.1) is 11.6 Å². The monoisotopic (exact) mass is 150 g/mol. The van der Waals surface area contributed by atoms with Crippen molar-refractivity contribution in [1.29, 1.82) is 0 Å². The Bertz CT molecular complexity index is 83.1. The summed E-state index contributed by atoms with van der Waals surface area (Å²) in [7, 11) is 0. The number of halogens is 1. The molecule has 1 heterocycles. The van der Waals surface area contributed by atoms with Crippen LogP contribution >= 0.6 is 11.6 Å². The Labute approximate surface area is 60.1 Å². The van der Waals surface area contributed by atoms with E-state index in [2.05, 4.69) is 0 Å². The van der Waals surface area contributed by atoms with Gasteiger partial charge in [0.25, 0.3) is 0 Å². The highest BCUT2D eigenvalue weighted by Crippen LogP contribution is 2.23. The average molecular weight is 151 g/mol. The third-order valence-corrected chi connectivity index (χ3v) is 1.96. The molecule has 0 aliphatic carbocycles. The van der Waals surface area contributed by atoms with Crippen LogP contribution in [0, 0.1) is 0 Å². The van der Waals surface area contributed by atoms with E-state index in [4.69, 9.17) is 21.1 Å². The molecule has 9 heavy (non-hydrogen) atoms. The van der Waals surface area contributed by atoms with E-state index in [1.807, 2.05) is 6.92 Å². The molecule has 0 N–H and O–H groups in total. The fourth-order valence-electron chi connectivity index (χ4n) is 0.873. The lowest BCUT2D eigenvalue weighted by atomic mass is 10.2. The van der Waals surface area contributed by atoms with Gasteiger partial charge in [-0.3, -0.25) is 0 Å². The molecule has 0 aromatic carbocycles. The first-order valence-corrected chi connectivity index (χ1v) is 3.70. The molecule has 1 saturated heterocycles. The Hall–Kier alpha value is 0.210.